The van der Waals surface area contributed by atoms with Crippen LogP contribution in [0, 0.1) is 11.6 Å². The van der Waals surface area contributed by atoms with Gasteiger partial charge in [0.25, 0.3) is 5.91 Å². The van der Waals surface area contributed by atoms with Gasteiger partial charge in [-0.3, -0.25) is 9.59 Å². The number of carbonyl (C=O) groups excluding carboxylic acids is 2. The number of halogens is 2. The molecule has 0 aliphatic heterocycles. The largest absolute Gasteiger partial charge is 0.492 e. The zero-order valence-corrected chi connectivity index (χ0v) is 19.5. The molecule has 2 N–H and O–H groups in total. The highest BCUT2D eigenvalue weighted by Gasteiger charge is 2.23. The molecule has 0 saturated carbocycles. The summed E-state index contributed by atoms with van der Waals surface area (Å²) in [6, 6.07) is 6.76. The molecule has 0 aromatic heterocycles. The zero-order chi connectivity index (χ0) is 24.6. The summed E-state index contributed by atoms with van der Waals surface area (Å²) in [5, 5.41) is 4.98. The number of nitrogens with one attached hydrogen (secondary N) is 2. The Morgan fingerprint density at radius 1 is 1.03 bits per heavy atom. The van der Waals surface area contributed by atoms with Gasteiger partial charge in [-0.2, -0.15) is 4.31 Å². The quantitative estimate of drug-likeness (QED) is 0.511. The minimum absolute atomic E-state index is 0.00467. The van der Waals surface area contributed by atoms with Gasteiger partial charge in [0.15, 0.2) is 0 Å². The van der Waals surface area contributed by atoms with Crippen molar-refractivity contribution in [3.63, 3.8) is 0 Å². The monoisotopic (exact) mass is 483 g/mol. The highest BCUT2D eigenvalue weighted by molar-refractivity contribution is 7.89. The molecule has 0 aliphatic carbocycles. The molecular formula is C22H27F2N3O5S. The van der Waals surface area contributed by atoms with Gasteiger partial charge in [0.1, 0.15) is 17.4 Å². The van der Waals surface area contributed by atoms with Gasteiger partial charge in [-0.15, -0.1) is 0 Å². The molecule has 0 fully saturated rings. The van der Waals surface area contributed by atoms with Crippen LogP contribution in [-0.2, 0) is 14.8 Å². The van der Waals surface area contributed by atoms with Crippen molar-refractivity contribution in [3.8, 4) is 5.75 Å². The Hall–Kier alpha value is -3.05. The number of sulfonamides is 1. The van der Waals surface area contributed by atoms with Crippen LogP contribution in [0.15, 0.2) is 41.3 Å². The molecule has 0 unspecified atom stereocenters. The second-order valence-corrected chi connectivity index (χ2v) is 8.80. The van der Waals surface area contributed by atoms with Gasteiger partial charge in [-0.25, -0.2) is 17.2 Å². The fourth-order valence-corrected chi connectivity index (χ4v) is 4.52. The minimum atomic E-state index is -3.75. The SMILES string of the molecule is CCOc1ccc(S(=O)(=O)N(CC)CC)cc1NC(=O)CCNC(=O)c1ccc(F)cc1F. The van der Waals surface area contributed by atoms with Gasteiger partial charge >= 0.3 is 0 Å². The summed E-state index contributed by atoms with van der Waals surface area (Å²) >= 11 is 0. The summed E-state index contributed by atoms with van der Waals surface area (Å²) in [5.41, 5.74) is -0.171. The summed E-state index contributed by atoms with van der Waals surface area (Å²) in [7, 11) is -3.75. The van der Waals surface area contributed by atoms with Gasteiger partial charge in [0.05, 0.1) is 22.8 Å². The Labute approximate surface area is 192 Å². The number of amides is 2. The van der Waals surface area contributed by atoms with E-state index in [4.69, 9.17) is 4.74 Å². The van der Waals surface area contributed by atoms with E-state index in [0.29, 0.717) is 31.5 Å². The van der Waals surface area contributed by atoms with Gasteiger partial charge in [0, 0.05) is 32.1 Å². The molecule has 2 aromatic rings. The van der Waals surface area contributed by atoms with Gasteiger partial charge in [-0.1, -0.05) is 13.8 Å². The third-order valence-electron chi connectivity index (χ3n) is 4.68. The third kappa shape index (κ3) is 6.72. The first-order valence-electron chi connectivity index (χ1n) is 10.4. The fraction of sp³-hybridized carbons (Fsp3) is 0.364. The lowest BCUT2D eigenvalue weighted by molar-refractivity contribution is -0.116. The zero-order valence-electron chi connectivity index (χ0n) is 18.7. The maximum Gasteiger partial charge on any atom is 0.254 e. The molecule has 0 bridgehead atoms. The lowest BCUT2D eigenvalue weighted by Gasteiger charge is -2.20. The summed E-state index contributed by atoms with van der Waals surface area (Å²) in [4.78, 5) is 24.4. The number of carbonyl (C=O) groups is 2. The second kappa shape index (κ2) is 11.7. The van der Waals surface area contributed by atoms with Gasteiger partial charge < -0.3 is 15.4 Å². The van der Waals surface area contributed by atoms with Crippen LogP contribution in [0.1, 0.15) is 37.6 Å². The Kier molecular flexibility index (Phi) is 9.30. The van der Waals surface area contributed by atoms with Crippen molar-refractivity contribution in [2.24, 2.45) is 0 Å². The molecule has 11 heteroatoms. The number of ether oxygens (including phenoxy) is 1. The van der Waals surface area contributed by atoms with Crippen molar-refractivity contribution >= 4 is 27.5 Å². The minimum Gasteiger partial charge on any atom is -0.492 e. The van der Waals surface area contributed by atoms with Crippen LogP contribution in [0.2, 0.25) is 0 Å². The number of benzene rings is 2. The Morgan fingerprint density at radius 2 is 1.73 bits per heavy atom. The van der Waals surface area contributed by atoms with E-state index in [2.05, 4.69) is 10.6 Å². The first-order chi connectivity index (χ1) is 15.6. The van der Waals surface area contributed by atoms with Crippen LogP contribution in [0.25, 0.3) is 0 Å². The van der Waals surface area contributed by atoms with Crippen molar-refractivity contribution in [3.05, 3.63) is 53.6 Å². The third-order valence-corrected chi connectivity index (χ3v) is 6.73. The van der Waals surface area contributed by atoms with E-state index < -0.39 is 33.5 Å². The van der Waals surface area contributed by atoms with E-state index in [9.17, 15) is 26.8 Å². The van der Waals surface area contributed by atoms with E-state index in [1.807, 2.05) is 0 Å². The normalized spacial score (nSPS) is 11.3. The molecule has 33 heavy (non-hydrogen) atoms. The smallest absolute Gasteiger partial charge is 0.254 e. The highest BCUT2D eigenvalue weighted by atomic mass is 32.2. The van der Waals surface area contributed by atoms with Crippen LogP contribution in [-0.4, -0.2) is 50.8 Å². The number of anilines is 1. The number of hydrogen-bond acceptors (Lipinski definition) is 5. The molecule has 2 rings (SSSR count). The molecule has 0 heterocycles. The fourth-order valence-electron chi connectivity index (χ4n) is 3.03. The van der Waals surface area contributed by atoms with Crippen LogP contribution in [0.3, 0.4) is 0 Å². The first kappa shape index (κ1) is 26.2. The van der Waals surface area contributed by atoms with Crippen LogP contribution in [0.4, 0.5) is 14.5 Å². The molecule has 0 aliphatic rings. The van der Waals surface area contributed by atoms with Gasteiger partial charge in [-0.05, 0) is 37.3 Å². The molecule has 2 amide bonds. The molecule has 8 nitrogen and oxygen atoms in total. The first-order valence-corrected chi connectivity index (χ1v) is 11.9. The highest BCUT2D eigenvalue weighted by Crippen LogP contribution is 2.29. The molecule has 0 atom stereocenters. The topological polar surface area (TPSA) is 105 Å². The van der Waals surface area contributed by atoms with Crippen molar-refractivity contribution < 1.29 is 31.5 Å². The van der Waals surface area contributed by atoms with Gasteiger partial charge in [0.2, 0.25) is 15.9 Å². The van der Waals surface area contributed by atoms with E-state index >= 15 is 0 Å². The van der Waals surface area contributed by atoms with Crippen molar-refractivity contribution in [2.75, 3.05) is 31.6 Å². The molecule has 0 spiro atoms. The molecular weight excluding hydrogens is 456 g/mol. The van der Waals surface area contributed by atoms with E-state index in [1.165, 1.54) is 22.5 Å². The Balaban J connectivity index is 2.09. The predicted octanol–water partition coefficient (Wildman–Crippen LogP) is 3.15. The Bertz CT molecular complexity index is 1110. The predicted molar refractivity (Wildman–Crippen MR) is 120 cm³/mol. The van der Waals surface area contributed by atoms with Crippen LogP contribution >= 0.6 is 0 Å². The van der Waals surface area contributed by atoms with Crippen LogP contribution in [0.5, 0.6) is 5.75 Å². The summed E-state index contributed by atoms with van der Waals surface area (Å²) in [6.45, 7) is 5.96. The van der Waals surface area contributed by atoms with Crippen molar-refractivity contribution in [1.29, 1.82) is 0 Å². The number of rotatable bonds is 11. The van der Waals surface area contributed by atoms with E-state index in [0.717, 1.165) is 12.1 Å². The molecule has 180 valence electrons. The maximum atomic E-state index is 13.7. The Morgan fingerprint density at radius 3 is 2.33 bits per heavy atom. The summed E-state index contributed by atoms with van der Waals surface area (Å²) < 4.78 is 59.0. The average Bonchev–Trinajstić information content (AvgIpc) is 2.75. The number of hydrogen-bond donors (Lipinski definition) is 2. The number of nitrogens with zero attached hydrogens (tertiary/aromatic N) is 1. The maximum absolute atomic E-state index is 13.7. The van der Waals surface area contributed by atoms with Crippen molar-refractivity contribution in [1.82, 2.24) is 9.62 Å². The van der Waals surface area contributed by atoms with Crippen LogP contribution < -0.4 is 15.4 Å². The molecule has 0 radical (unpaired) electrons. The average molecular weight is 484 g/mol. The lowest BCUT2D eigenvalue weighted by Crippen LogP contribution is -2.30. The lowest BCUT2D eigenvalue weighted by atomic mass is 10.2. The summed E-state index contributed by atoms with van der Waals surface area (Å²) in [5.74, 6) is -2.83. The van der Waals surface area contributed by atoms with E-state index in [1.54, 1.807) is 20.8 Å². The summed E-state index contributed by atoms with van der Waals surface area (Å²) in [6.07, 6.45) is -0.173. The standard InChI is InChI=1S/C22H27F2N3O5S/c1-4-27(5-2)33(30,31)16-8-10-20(32-6-3)19(14-16)26-21(28)11-12-25-22(29)17-9-7-15(23)13-18(17)24/h7-10,13-14H,4-6,11-12H2,1-3H3,(H,25,29)(H,26,28). The molecule has 0 saturated heterocycles. The molecule has 2 aromatic carbocycles. The second-order valence-electron chi connectivity index (χ2n) is 6.86. The van der Waals surface area contributed by atoms with E-state index in [-0.39, 0.29) is 29.1 Å². The van der Waals surface area contributed by atoms with Crippen molar-refractivity contribution in [2.45, 2.75) is 32.1 Å².